The van der Waals surface area contributed by atoms with E-state index in [1.807, 2.05) is 12.1 Å². The Morgan fingerprint density at radius 1 is 1.27 bits per heavy atom. The van der Waals surface area contributed by atoms with Crippen LogP contribution in [0, 0.1) is 0 Å². The van der Waals surface area contributed by atoms with Crippen LogP contribution in [-0.2, 0) is 11.2 Å². The topological polar surface area (TPSA) is 45.2 Å². The second-order valence-electron chi connectivity index (χ2n) is 5.42. The quantitative estimate of drug-likeness (QED) is 0.860. The lowest BCUT2D eigenvalue weighted by atomic mass is 10.0. The molecule has 0 bridgehead atoms. The van der Waals surface area contributed by atoms with Crippen molar-refractivity contribution in [3.8, 4) is 0 Å². The first-order valence-corrected chi connectivity index (χ1v) is 7.70. The summed E-state index contributed by atoms with van der Waals surface area (Å²) in [5, 5.41) is 3.36. The van der Waals surface area contributed by atoms with E-state index in [4.69, 9.17) is 0 Å². The summed E-state index contributed by atoms with van der Waals surface area (Å²) in [4.78, 5) is 18.6. The molecule has 0 atom stereocenters. The fourth-order valence-electron chi connectivity index (χ4n) is 2.81. The van der Waals surface area contributed by atoms with E-state index in [-0.39, 0.29) is 24.8 Å². The van der Waals surface area contributed by atoms with Crippen LogP contribution in [0.5, 0.6) is 0 Å². The summed E-state index contributed by atoms with van der Waals surface area (Å²) < 4.78 is 0. The Bertz CT molecular complexity index is 411. The van der Waals surface area contributed by atoms with Crippen LogP contribution >= 0.6 is 24.8 Å². The number of rotatable bonds is 6. The molecule has 0 aliphatic carbocycles. The Labute approximate surface area is 145 Å². The van der Waals surface area contributed by atoms with Crippen LogP contribution < -0.4 is 5.32 Å². The molecule has 1 fully saturated rings. The van der Waals surface area contributed by atoms with Crippen molar-refractivity contribution in [2.24, 2.45) is 0 Å². The van der Waals surface area contributed by atoms with Gasteiger partial charge >= 0.3 is 0 Å². The molecule has 2 heterocycles. The number of piperidine rings is 1. The lowest BCUT2D eigenvalue weighted by Crippen LogP contribution is -2.46. The summed E-state index contributed by atoms with van der Waals surface area (Å²) in [5.41, 5.74) is 1.19. The van der Waals surface area contributed by atoms with Gasteiger partial charge in [0.25, 0.3) is 0 Å². The molecule has 0 unspecified atom stereocenters. The van der Waals surface area contributed by atoms with Crippen LogP contribution in [0.25, 0.3) is 0 Å². The minimum atomic E-state index is 0. The summed E-state index contributed by atoms with van der Waals surface area (Å²) in [6.45, 7) is 5.09. The largest absolute Gasteiger partial charge is 0.340 e. The number of pyridine rings is 1. The maximum Gasteiger partial charge on any atom is 0.223 e. The molecule has 1 amide bonds. The zero-order valence-electron chi connectivity index (χ0n) is 13.2. The standard InChI is InChI=1S/C16H25N3O.2ClH/c1-2-13-19(15-7-11-18-12-8-15)16(20)4-3-14-5-9-17-10-6-14;;/h5-6,9-10,15,18H,2-4,7-8,11-13H2,1H3;2*1H. The molecule has 0 radical (unpaired) electrons. The van der Waals surface area contributed by atoms with Crippen LogP contribution in [0.4, 0.5) is 0 Å². The Morgan fingerprint density at radius 3 is 2.50 bits per heavy atom. The van der Waals surface area contributed by atoms with Gasteiger partial charge in [-0.05, 0) is 56.5 Å². The van der Waals surface area contributed by atoms with Crippen LogP contribution in [0.2, 0.25) is 0 Å². The smallest absolute Gasteiger partial charge is 0.223 e. The monoisotopic (exact) mass is 347 g/mol. The third-order valence-electron chi connectivity index (χ3n) is 3.91. The average Bonchev–Trinajstić information content (AvgIpc) is 2.52. The Morgan fingerprint density at radius 2 is 1.91 bits per heavy atom. The summed E-state index contributed by atoms with van der Waals surface area (Å²) in [6.07, 6.45) is 8.19. The lowest BCUT2D eigenvalue weighted by Gasteiger charge is -2.34. The molecule has 1 aromatic rings. The number of hydrogen-bond acceptors (Lipinski definition) is 3. The molecule has 126 valence electrons. The highest BCUT2D eigenvalue weighted by Crippen LogP contribution is 2.15. The molecule has 6 heteroatoms. The fraction of sp³-hybridized carbons (Fsp3) is 0.625. The van der Waals surface area contributed by atoms with Crippen LogP contribution in [0.3, 0.4) is 0 Å². The molecular weight excluding hydrogens is 321 g/mol. The van der Waals surface area contributed by atoms with Crippen molar-refractivity contribution in [2.75, 3.05) is 19.6 Å². The number of carbonyl (C=O) groups excluding carboxylic acids is 1. The molecule has 0 saturated carbocycles. The molecule has 1 N–H and O–H groups in total. The molecule has 0 aromatic carbocycles. The summed E-state index contributed by atoms with van der Waals surface area (Å²) in [6, 6.07) is 4.41. The van der Waals surface area contributed by atoms with Crippen molar-refractivity contribution in [2.45, 2.75) is 45.1 Å². The lowest BCUT2D eigenvalue weighted by molar-refractivity contribution is -0.134. The number of aryl methyl sites for hydroxylation is 1. The van der Waals surface area contributed by atoms with E-state index in [0.29, 0.717) is 18.4 Å². The van der Waals surface area contributed by atoms with E-state index in [2.05, 4.69) is 22.1 Å². The first-order chi connectivity index (χ1) is 9.81. The van der Waals surface area contributed by atoms with Gasteiger partial charge in [-0.25, -0.2) is 0 Å². The predicted molar refractivity (Wildman–Crippen MR) is 94.9 cm³/mol. The molecule has 1 aliphatic rings. The van der Waals surface area contributed by atoms with Crippen molar-refractivity contribution in [3.05, 3.63) is 30.1 Å². The normalized spacial score (nSPS) is 14.6. The van der Waals surface area contributed by atoms with Gasteiger partial charge < -0.3 is 10.2 Å². The number of halogens is 2. The van der Waals surface area contributed by atoms with Gasteiger partial charge in [0.1, 0.15) is 0 Å². The summed E-state index contributed by atoms with van der Waals surface area (Å²) >= 11 is 0. The van der Waals surface area contributed by atoms with Crippen LogP contribution in [0.15, 0.2) is 24.5 Å². The van der Waals surface area contributed by atoms with Gasteiger partial charge in [-0.15, -0.1) is 24.8 Å². The van der Waals surface area contributed by atoms with Gasteiger partial charge in [-0.1, -0.05) is 6.92 Å². The Balaban J connectivity index is 0.00000220. The van der Waals surface area contributed by atoms with Gasteiger partial charge in [0.15, 0.2) is 0 Å². The highest BCUT2D eigenvalue weighted by atomic mass is 35.5. The zero-order chi connectivity index (χ0) is 14.2. The number of aromatic nitrogens is 1. The minimum Gasteiger partial charge on any atom is -0.340 e. The van der Waals surface area contributed by atoms with Crippen molar-refractivity contribution < 1.29 is 4.79 Å². The molecule has 1 saturated heterocycles. The van der Waals surface area contributed by atoms with Crippen molar-refractivity contribution >= 4 is 30.7 Å². The number of nitrogens with zero attached hydrogens (tertiary/aromatic N) is 2. The second-order valence-corrected chi connectivity index (χ2v) is 5.42. The second kappa shape index (κ2) is 11.7. The Hall–Kier alpha value is -0.840. The third-order valence-corrected chi connectivity index (χ3v) is 3.91. The van der Waals surface area contributed by atoms with E-state index >= 15 is 0 Å². The third kappa shape index (κ3) is 6.51. The maximum atomic E-state index is 12.5. The van der Waals surface area contributed by atoms with E-state index in [0.717, 1.165) is 45.3 Å². The van der Waals surface area contributed by atoms with Crippen molar-refractivity contribution in [1.82, 2.24) is 15.2 Å². The van der Waals surface area contributed by atoms with E-state index in [9.17, 15) is 4.79 Å². The molecule has 0 spiro atoms. The predicted octanol–water partition coefficient (Wildman–Crippen LogP) is 2.85. The van der Waals surface area contributed by atoms with Crippen molar-refractivity contribution in [1.29, 1.82) is 0 Å². The van der Waals surface area contributed by atoms with Gasteiger partial charge in [0.2, 0.25) is 5.91 Å². The van der Waals surface area contributed by atoms with Gasteiger partial charge in [-0.2, -0.15) is 0 Å². The zero-order valence-corrected chi connectivity index (χ0v) is 14.8. The van der Waals surface area contributed by atoms with Crippen molar-refractivity contribution in [3.63, 3.8) is 0 Å². The molecule has 1 aliphatic heterocycles. The van der Waals surface area contributed by atoms with E-state index in [1.54, 1.807) is 12.4 Å². The SMILES string of the molecule is CCCN(C(=O)CCc1ccncc1)C1CCNCC1.Cl.Cl. The Kier molecular flexibility index (Phi) is 11.2. The van der Waals surface area contributed by atoms with Gasteiger partial charge in [-0.3, -0.25) is 9.78 Å². The highest BCUT2D eigenvalue weighted by Gasteiger charge is 2.24. The fourth-order valence-corrected chi connectivity index (χ4v) is 2.81. The molecular formula is C16H27Cl2N3O. The van der Waals surface area contributed by atoms with Crippen LogP contribution in [0.1, 0.15) is 38.2 Å². The van der Waals surface area contributed by atoms with E-state index in [1.165, 1.54) is 5.56 Å². The van der Waals surface area contributed by atoms with Crippen LogP contribution in [-0.4, -0.2) is 41.5 Å². The van der Waals surface area contributed by atoms with Gasteiger partial charge in [0, 0.05) is 31.4 Å². The average molecular weight is 348 g/mol. The van der Waals surface area contributed by atoms with E-state index < -0.39 is 0 Å². The minimum absolute atomic E-state index is 0. The highest BCUT2D eigenvalue weighted by molar-refractivity contribution is 5.85. The van der Waals surface area contributed by atoms with Gasteiger partial charge in [0.05, 0.1) is 0 Å². The first-order valence-electron chi connectivity index (χ1n) is 7.70. The number of nitrogens with one attached hydrogen (secondary N) is 1. The molecule has 1 aromatic heterocycles. The first kappa shape index (κ1) is 21.2. The summed E-state index contributed by atoms with van der Waals surface area (Å²) in [5.74, 6) is 0.301. The maximum absolute atomic E-state index is 12.5. The molecule has 2 rings (SSSR count). The molecule has 4 nitrogen and oxygen atoms in total. The molecule has 22 heavy (non-hydrogen) atoms. The number of amides is 1. The number of carbonyl (C=O) groups is 1. The number of hydrogen-bond donors (Lipinski definition) is 1. The summed E-state index contributed by atoms with van der Waals surface area (Å²) in [7, 11) is 0.